The first-order valence-electron chi connectivity index (χ1n) is 9.51. The Balaban J connectivity index is 1.49. The number of furan rings is 1. The Morgan fingerprint density at radius 1 is 1.10 bits per heavy atom. The van der Waals surface area contributed by atoms with Crippen molar-refractivity contribution >= 4 is 58.1 Å². The van der Waals surface area contributed by atoms with Crippen LogP contribution in [0.5, 0.6) is 0 Å². The predicted molar refractivity (Wildman–Crippen MR) is 117 cm³/mol. The van der Waals surface area contributed by atoms with Gasteiger partial charge in [0.25, 0.3) is 11.1 Å². The number of hydrogen-bond acceptors (Lipinski definition) is 5. The summed E-state index contributed by atoms with van der Waals surface area (Å²) in [5, 5.41) is 0.546. The van der Waals surface area contributed by atoms with E-state index in [0.29, 0.717) is 40.2 Å². The van der Waals surface area contributed by atoms with Crippen LogP contribution in [0, 0.1) is 0 Å². The summed E-state index contributed by atoms with van der Waals surface area (Å²) in [6, 6.07) is 8.43. The molecule has 30 heavy (non-hydrogen) atoms. The maximum atomic E-state index is 12.7. The van der Waals surface area contributed by atoms with Crippen molar-refractivity contribution in [2.45, 2.75) is 19.3 Å². The standard InChI is InChI=1S/C21H18Cl2N2O4S/c22-13-4-6-16(23)15(10-13)17-7-5-14(29-17)11-18-20(27)25(21(28)30-18)12-19(26)24-8-2-1-3-9-24/h4-7,10-11H,1-3,8-9,12H2/b18-11+. The number of imide groups is 1. The monoisotopic (exact) mass is 464 g/mol. The minimum absolute atomic E-state index is 0.200. The minimum Gasteiger partial charge on any atom is -0.457 e. The van der Waals surface area contributed by atoms with Crippen LogP contribution >= 0.6 is 35.0 Å². The zero-order valence-electron chi connectivity index (χ0n) is 15.9. The number of likely N-dealkylation sites (tertiary alicyclic amines) is 1. The number of carbonyl (C=O) groups excluding carboxylic acids is 3. The molecule has 0 atom stereocenters. The summed E-state index contributed by atoms with van der Waals surface area (Å²) in [6.45, 7) is 1.11. The maximum Gasteiger partial charge on any atom is 0.294 e. The van der Waals surface area contributed by atoms with Gasteiger partial charge in [0.1, 0.15) is 18.1 Å². The van der Waals surface area contributed by atoms with Gasteiger partial charge in [-0.2, -0.15) is 0 Å². The Labute approximate surface area is 187 Å². The first-order valence-corrected chi connectivity index (χ1v) is 11.1. The highest BCUT2D eigenvalue weighted by molar-refractivity contribution is 8.18. The van der Waals surface area contributed by atoms with Crippen molar-refractivity contribution in [1.82, 2.24) is 9.80 Å². The zero-order valence-corrected chi connectivity index (χ0v) is 18.2. The van der Waals surface area contributed by atoms with E-state index in [4.69, 9.17) is 27.6 Å². The molecule has 0 unspecified atom stereocenters. The molecule has 6 nitrogen and oxygen atoms in total. The lowest BCUT2D eigenvalue weighted by molar-refractivity contribution is -0.136. The molecule has 0 radical (unpaired) electrons. The lowest BCUT2D eigenvalue weighted by Crippen LogP contribution is -2.44. The van der Waals surface area contributed by atoms with Crippen LogP contribution in [0.1, 0.15) is 25.0 Å². The molecule has 0 spiro atoms. The van der Waals surface area contributed by atoms with Gasteiger partial charge in [0.05, 0.1) is 9.93 Å². The fourth-order valence-electron chi connectivity index (χ4n) is 3.41. The summed E-state index contributed by atoms with van der Waals surface area (Å²) in [5.74, 6) is 0.199. The van der Waals surface area contributed by atoms with E-state index in [9.17, 15) is 14.4 Å². The predicted octanol–water partition coefficient (Wildman–Crippen LogP) is 5.30. The van der Waals surface area contributed by atoms with Crippen molar-refractivity contribution in [3.05, 3.63) is 51.0 Å². The van der Waals surface area contributed by atoms with Gasteiger partial charge in [-0.25, -0.2) is 0 Å². The van der Waals surface area contributed by atoms with Crippen LogP contribution in [-0.4, -0.2) is 46.5 Å². The Kier molecular flexibility index (Phi) is 6.22. The Morgan fingerprint density at radius 2 is 1.87 bits per heavy atom. The molecule has 2 aromatic rings. The molecule has 0 N–H and O–H groups in total. The van der Waals surface area contributed by atoms with Crippen LogP contribution < -0.4 is 0 Å². The van der Waals surface area contributed by atoms with Gasteiger partial charge in [-0.15, -0.1) is 0 Å². The van der Waals surface area contributed by atoms with E-state index < -0.39 is 11.1 Å². The van der Waals surface area contributed by atoms with Gasteiger partial charge in [-0.05, 0) is 61.4 Å². The smallest absolute Gasteiger partial charge is 0.294 e. The average molecular weight is 465 g/mol. The molecular weight excluding hydrogens is 447 g/mol. The summed E-state index contributed by atoms with van der Waals surface area (Å²) in [6.07, 6.45) is 4.49. The number of thioether (sulfide) groups is 1. The number of carbonyl (C=O) groups is 3. The number of amides is 3. The Bertz CT molecular complexity index is 1040. The largest absolute Gasteiger partial charge is 0.457 e. The first kappa shape index (κ1) is 21.0. The van der Waals surface area contributed by atoms with Crippen molar-refractivity contribution in [3.8, 4) is 11.3 Å². The fraction of sp³-hybridized carbons (Fsp3) is 0.286. The molecule has 0 saturated carbocycles. The third-order valence-electron chi connectivity index (χ3n) is 4.97. The molecule has 4 rings (SSSR count). The number of halogens is 2. The second-order valence-corrected chi connectivity index (χ2v) is 8.87. The number of piperidine rings is 1. The highest BCUT2D eigenvalue weighted by atomic mass is 35.5. The van der Waals surface area contributed by atoms with Crippen molar-refractivity contribution in [2.24, 2.45) is 0 Å². The van der Waals surface area contributed by atoms with Gasteiger partial charge in [-0.3, -0.25) is 19.3 Å². The van der Waals surface area contributed by atoms with Crippen LogP contribution in [0.3, 0.4) is 0 Å². The molecule has 0 aliphatic carbocycles. The third-order valence-corrected chi connectivity index (χ3v) is 6.44. The van der Waals surface area contributed by atoms with Crippen molar-refractivity contribution < 1.29 is 18.8 Å². The van der Waals surface area contributed by atoms with Crippen LogP contribution in [0.25, 0.3) is 17.4 Å². The number of rotatable bonds is 4. The van der Waals surface area contributed by atoms with Crippen molar-refractivity contribution in [1.29, 1.82) is 0 Å². The summed E-state index contributed by atoms with van der Waals surface area (Å²) in [5.41, 5.74) is 0.629. The molecule has 2 saturated heterocycles. The van der Waals surface area contributed by atoms with Gasteiger partial charge >= 0.3 is 0 Å². The molecule has 3 heterocycles. The molecule has 3 amide bonds. The van der Waals surface area contributed by atoms with Crippen LogP contribution in [0.4, 0.5) is 4.79 Å². The molecule has 2 fully saturated rings. The highest BCUT2D eigenvalue weighted by Crippen LogP contribution is 2.35. The quantitative estimate of drug-likeness (QED) is 0.573. The van der Waals surface area contributed by atoms with E-state index in [1.165, 1.54) is 6.08 Å². The maximum absolute atomic E-state index is 12.7. The van der Waals surface area contributed by atoms with E-state index in [1.54, 1.807) is 35.2 Å². The van der Waals surface area contributed by atoms with E-state index in [2.05, 4.69) is 0 Å². The van der Waals surface area contributed by atoms with E-state index in [-0.39, 0.29) is 17.4 Å². The number of hydrogen-bond donors (Lipinski definition) is 0. The highest BCUT2D eigenvalue weighted by Gasteiger charge is 2.37. The first-order chi connectivity index (χ1) is 14.4. The Morgan fingerprint density at radius 3 is 2.63 bits per heavy atom. The van der Waals surface area contributed by atoms with Gasteiger partial charge < -0.3 is 9.32 Å². The summed E-state index contributed by atoms with van der Waals surface area (Å²) >= 11 is 13.0. The van der Waals surface area contributed by atoms with Crippen LogP contribution in [0.2, 0.25) is 10.0 Å². The minimum atomic E-state index is -0.492. The lowest BCUT2D eigenvalue weighted by atomic mass is 10.1. The third kappa shape index (κ3) is 4.43. The van der Waals surface area contributed by atoms with Gasteiger partial charge in [0, 0.05) is 29.8 Å². The van der Waals surface area contributed by atoms with Gasteiger partial charge in [0.15, 0.2) is 0 Å². The molecule has 1 aromatic carbocycles. The normalized spacial score (nSPS) is 18.5. The van der Waals surface area contributed by atoms with E-state index >= 15 is 0 Å². The SMILES string of the molecule is O=C(CN1C(=O)S/C(=C/c2ccc(-c3cc(Cl)ccc3Cl)o2)C1=O)N1CCCCC1. The summed E-state index contributed by atoms with van der Waals surface area (Å²) in [7, 11) is 0. The molecular formula is C21H18Cl2N2O4S. The summed E-state index contributed by atoms with van der Waals surface area (Å²) < 4.78 is 5.77. The van der Waals surface area contributed by atoms with Gasteiger partial charge in [0.2, 0.25) is 5.91 Å². The van der Waals surface area contributed by atoms with E-state index in [0.717, 1.165) is 35.9 Å². The number of benzene rings is 1. The van der Waals surface area contributed by atoms with Gasteiger partial charge in [-0.1, -0.05) is 23.2 Å². The molecule has 9 heteroatoms. The summed E-state index contributed by atoms with van der Waals surface area (Å²) in [4.78, 5) is 40.3. The van der Waals surface area contributed by atoms with Crippen molar-refractivity contribution in [2.75, 3.05) is 19.6 Å². The second-order valence-electron chi connectivity index (χ2n) is 7.04. The lowest BCUT2D eigenvalue weighted by Gasteiger charge is -2.27. The fourth-order valence-corrected chi connectivity index (χ4v) is 4.61. The van der Waals surface area contributed by atoms with Crippen LogP contribution in [-0.2, 0) is 9.59 Å². The number of nitrogens with zero attached hydrogens (tertiary/aromatic N) is 2. The molecule has 0 bridgehead atoms. The average Bonchev–Trinajstić information content (AvgIpc) is 3.30. The zero-order chi connectivity index (χ0) is 21.3. The van der Waals surface area contributed by atoms with E-state index in [1.807, 2.05) is 0 Å². The topological polar surface area (TPSA) is 70.8 Å². The molecule has 1 aromatic heterocycles. The van der Waals surface area contributed by atoms with Crippen molar-refractivity contribution in [3.63, 3.8) is 0 Å². The Hall–Kier alpha value is -2.22. The molecule has 2 aliphatic heterocycles. The van der Waals surface area contributed by atoms with Crippen LogP contribution in [0.15, 0.2) is 39.7 Å². The molecule has 2 aliphatic rings. The second kappa shape index (κ2) is 8.88. The molecule has 156 valence electrons.